The maximum absolute atomic E-state index is 13.0. The van der Waals surface area contributed by atoms with Gasteiger partial charge in [0.25, 0.3) is 5.91 Å². The molecule has 1 saturated heterocycles. The summed E-state index contributed by atoms with van der Waals surface area (Å²) >= 11 is 0. The number of carbonyl (C=O) groups is 2. The molecular formula is C17H24N2O2. The van der Waals surface area contributed by atoms with Crippen LogP contribution in [0.2, 0.25) is 0 Å². The summed E-state index contributed by atoms with van der Waals surface area (Å²) in [5.74, 6) is -0.0953. The lowest BCUT2D eigenvalue weighted by Gasteiger charge is -2.44. The Balaban J connectivity index is 2.53. The number of rotatable bonds is 3. The van der Waals surface area contributed by atoms with Crippen molar-refractivity contribution < 1.29 is 9.59 Å². The summed E-state index contributed by atoms with van der Waals surface area (Å²) in [7, 11) is 0. The van der Waals surface area contributed by atoms with Crippen molar-refractivity contribution in [2.24, 2.45) is 0 Å². The lowest BCUT2D eigenvalue weighted by atomic mass is 9.87. The number of nitrogens with zero attached hydrogens (tertiary/aromatic N) is 1. The van der Waals surface area contributed by atoms with Gasteiger partial charge in [-0.3, -0.25) is 14.5 Å². The van der Waals surface area contributed by atoms with Gasteiger partial charge in [0, 0.05) is 5.69 Å². The lowest BCUT2D eigenvalue weighted by Crippen LogP contribution is -2.69. The van der Waals surface area contributed by atoms with Crippen LogP contribution in [0.5, 0.6) is 0 Å². The van der Waals surface area contributed by atoms with Crippen LogP contribution < -0.4 is 10.2 Å². The molecule has 21 heavy (non-hydrogen) atoms. The van der Waals surface area contributed by atoms with Gasteiger partial charge in [-0.2, -0.15) is 0 Å². The second kappa shape index (κ2) is 5.51. The molecule has 2 amide bonds. The first-order valence-corrected chi connectivity index (χ1v) is 7.58. The minimum Gasteiger partial charge on any atom is -0.340 e. The topological polar surface area (TPSA) is 49.4 Å². The Bertz CT molecular complexity index is 556. The fourth-order valence-corrected chi connectivity index (χ4v) is 3.08. The van der Waals surface area contributed by atoms with E-state index < -0.39 is 11.6 Å². The molecule has 1 atom stereocenters. The van der Waals surface area contributed by atoms with Gasteiger partial charge in [-0.1, -0.05) is 19.9 Å². The predicted molar refractivity (Wildman–Crippen MR) is 84.3 cm³/mol. The Morgan fingerprint density at radius 2 is 1.62 bits per heavy atom. The standard InChI is InChI=1S/C17H24N2O2/c1-6-17(7-2)16(21)19(13(5)15(20)18-17)14-9-11(3)8-12(4)10-14/h8-10,13H,6-7H2,1-5H3,(H,18,20). The van der Waals surface area contributed by atoms with Crippen LogP contribution >= 0.6 is 0 Å². The van der Waals surface area contributed by atoms with E-state index >= 15 is 0 Å². The molecule has 1 aliphatic heterocycles. The maximum atomic E-state index is 13.0. The number of amides is 2. The quantitative estimate of drug-likeness (QED) is 0.929. The zero-order chi connectivity index (χ0) is 15.8. The molecule has 4 nitrogen and oxygen atoms in total. The highest BCUT2D eigenvalue weighted by molar-refractivity contribution is 6.10. The van der Waals surface area contributed by atoms with E-state index in [0.717, 1.165) is 16.8 Å². The fourth-order valence-electron chi connectivity index (χ4n) is 3.08. The van der Waals surface area contributed by atoms with Gasteiger partial charge in [0.05, 0.1) is 0 Å². The number of hydrogen-bond acceptors (Lipinski definition) is 2. The third-order valence-electron chi connectivity index (χ3n) is 4.45. The highest BCUT2D eigenvalue weighted by Crippen LogP contribution is 2.30. The minimum atomic E-state index is -0.777. The monoisotopic (exact) mass is 288 g/mol. The van der Waals surface area contributed by atoms with Gasteiger partial charge in [0.1, 0.15) is 11.6 Å². The number of piperazine rings is 1. The predicted octanol–water partition coefficient (Wildman–Crippen LogP) is 2.71. The van der Waals surface area contributed by atoms with Crippen LogP contribution in [-0.2, 0) is 9.59 Å². The van der Waals surface area contributed by atoms with Crippen LogP contribution in [0.25, 0.3) is 0 Å². The van der Waals surface area contributed by atoms with Gasteiger partial charge in [-0.15, -0.1) is 0 Å². The molecule has 1 aromatic carbocycles. The molecule has 0 spiro atoms. The summed E-state index contributed by atoms with van der Waals surface area (Å²) in [5, 5.41) is 2.93. The summed E-state index contributed by atoms with van der Waals surface area (Å²) in [6.07, 6.45) is 1.20. The van der Waals surface area contributed by atoms with E-state index in [-0.39, 0.29) is 11.8 Å². The number of benzene rings is 1. The van der Waals surface area contributed by atoms with Gasteiger partial charge in [-0.05, 0) is 56.9 Å². The first kappa shape index (κ1) is 15.5. The van der Waals surface area contributed by atoms with Gasteiger partial charge >= 0.3 is 0 Å². The Labute approximate surface area is 126 Å². The number of hydrogen-bond donors (Lipinski definition) is 1. The third kappa shape index (κ3) is 2.55. The average molecular weight is 288 g/mol. The van der Waals surface area contributed by atoms with Crippen molar-refractivity contribution in [2.45, 2.75) is 59.0 Å². The Hall–Kier alpha value is -1.84. The van der Waals surface area contributed by atoms with E-state index in [1.54, 1.807) is 11.8 Å². The zero-order valence-electron chi connectivity index (χ0n) is 13.5. The van der Waals surface area contributed by atoms with Gasteiger partial charge in [0.2, 0.25) is 5.91 Å². The molecule has 1 aliphatic rings. The SMILES string of the molecule is CCC1(CC)NC(=O)C(C)N(c2cc(C)cc(C)c2)C1=O. The van der Waals surface area contributed by atoms with E-state index in [1.807, 2.05) is 39.8 Å². The molecule has 0 bridgehead atoms. The molecule has 0 aliphatic carbocycles. The number of anilines is 1. The molecular weight excluding hydrogens is 264 g/mol. The molecule has 1 heterocycles. The number of carbonyl (C=O) groups excluding carboxylic acids is 2. The first-order valence-electron chi connectivity index (χ1n) is 7.58. The van der Waals surface area contributed by atoms with Crippen molar-refractivity contribution in [3.63, 3.8) is 0 Å². The summed E-state index contributed by atoms with van der Waals surface area (Å²) < 4.78 is 0. The van der Waals surface area contributed by atoms with Crippen LogP contribution in [0.15, 0.2) is 18.2 Å². The summed E-state index contributed by atoms with van der Waals surface area (Å²) in [4.78, 5) is 27.0. The number of aryl methyl sites for hydroxylation is 2. The maximum Gasteiger partial charge on any atom is 0.253 e. The molecule has 1 aromatic rings. The average Bonchev–Trinajstić information content (AvgIpc) is 2.42. The highest BCUT2D eigenvalue weighted by Gasteiger charge is 2.47. The van der Waals surface area contributed by atoms with E-state index in [1.165, 1.54) is 0 Å². The molecule has 0 saturated carbocycles. The van der Waals surface area contributed by atoms with Crippen LogP contribution in [0, 0.1) is 13.8 Å². The molecule has 0 aromatic heterocycles. The van der Waals surface area contributed by atoms with Crippen molar-refractivity contribution in [1.29, 1.82) is 0 Å². The second-order valence-corrected chi connectivity index (χ2v) is 5.98. The van der Waals surface area contributed by atoms with E-state index in [2.05, 4.69) is 11.4 Å². The van der Waals surface area contributed by atoms with Gasteiger partial charge < -0.3 is 5.32 Å². The lowest BCUT2D eigenvalue weighted by molar-refractivity contribution is -0.138. The fraction of sp³-hybridized carbons (Fsp3) is 0.529. The molecule has 114 valence electrons. The molecule has 4 heteroatoms. The Morgan fingerprint density at radius 3 is 2.10 bits per heavy atom. The molecule has 1 fully saturated rings. The van der Waals surface area contributed by atoms with Crippen molar-refractivity contribution in [3.05, 3.63) is 29.3 Å². The summed E-state index contributed by atoms with van der Waals surface area (Å²) in [6, 6.07) is 5.52. The first-order chi connectivity index (χ1) is 9.84. The van der Waals surface area contributed by atoms with Gasteiger partial charge in [0.15, 0.2) is 0 Å². The molecule has 2 rings (SSSR count). The number of nitrogens with one attached hydrogen (secondary N) is 1. The molecule has 1 N–H and O–H groups in total. The van der Waals surface area contributed by atoms with Gasteiger partial charge in [-0.25, -0.2) is 0 Å². The normalized spacial score (nSPS) is 21.4. The van der Waals surface area contributed by atoms with Crippen LogP contribution in [0.3, 0.4) is 0 Å². The Morgan fingerprint density at radius 1 is 1.10 bits per heavy atom. The van der Waals surface area contributed by atoms with Crippen LogP contribution in [-0.4, -0.2) is 23.4 Å². The van der Waals surface area contributed by atoms with Crippen molar-refractivity contribution in [1.82, 2.24) is 5.32 Å². The second-order valence-electron chi connectivity index (χ2n) is 5.98. The van der Waals surface area contributed by atoms with Crippen molar-refractivity contribution >= 4 is 17.5 Å². The zero-order valence-corrected chi connectivity index (χ0v) is 13.5. The summed E-state index contributed by atoms with van der Waals surface area (Å²) in [5.41, 5.74) is 2.22. The van der Waals surface area contributed by atoms with Crippen molar-refractivity contribution in [2.75, 3.05) is 4.90 Å². The highest BCUT2D eigenvalue weighted by atomic mass is 16.2. The minimum absolute atomic E-state index is 0.00963. The van der Waals surface area contributed by atoms with E-state index in [9.17, 15) is 9.59 Å². The largest absolute Gasteiger partial charge is 0.340 e. The van der Waals surface area contributed by atoms with Crippen molar-refractivity contribution in [3.8, 4) is 0 Å². The van der Waals surface area contributed by atoms with E-state index in [4.69, 9.17) is 0 Å². The molecule has 1 unspecified atom stereocenters. The van der Waals surface area contributed by atoms with E-state index in [0.29, 0.717) is 12.8 Å². The Kier molecular flexibility index (Phi) is 4.08. The van der Waals surface area contributed by atoms with Crippen LogP contribution in [0.4, 0.5) is 5.69 Å². The van der Waals surface area contributed by atoms with Crippen LogP contribution in [0.1, 0.15) is 44.7 Å². The third-order valence-corrected chi connectivity index (χ3v) is 4.45. The molecule has 0 radical (unpaired) electrons. The summed E-state index contributed by atoms with van der Waals surface area (Å²) in [6.45, 7) is 9.67. The smallest absolute Gasteiger partial charge is 0.253 e.